The predicted molar refractivity (Wildman–Crippen MR) is 97.8 cm³/mol. The van der Waals surface area contributed by atoms with Crippen LogP contribution in [0.4, 0.5) is 0 Å². The van der Waals surface area contributed by atoms with Crippen molar-refractivity contribution in [3.05, 3.63) is 77.9 Å². The van der Waals surface area contributed by atoms with Crippen LogP contribution < -0.4 is 10.1 Å². The van der Waals surface area contributed by atoms with E-state index in [9.17, 15) is 9.59 Å². The van der Waals surface area contributed by atoms with E-state index in [2.05, 4.69) is 29.6 Å². The molecule has 126 valence electrons. The average Bonchev–Trinajstić information content (AvgIpc) is 2.66. The maximum Gasteiger partial charge on any atom is 0.258 e. The van der Waals surface area contributed by atoms with Gasteiger partial charge in [0.1, 0.15) is 12.0 Å². The molecule has 0 bridgehead atoms. The zero-order valence-corrected chi connectivity index (χ0v) is 13.9. The number of aldehydes is 1. The topological polar surface area (TPSA) is 55.4 Å². The van der Waals surface area contributed by atoms with Crippen molar-refractivity contribution in [3.63, 3.8) is 0 Å². The molecule has 3 aromatic carbocycles. The molecule has 0 radical (unpaired) electrons. The Morgan fingerprint density at radius 1 is 1.04 bits per heavy atom. The van der Waals surface area contributed by atoms with Crippen LogP contribution in [-0.4, -0.2) is 18.8 Å². The molecule has 0 aliphatic rings. The number of carbonyl (C=O) groups is 2. The Kier molecular flexibility index (Phi) is 5.09. The highest BCUT2D eigenvalue weighted by atomic mass is 16.5. The van der Waals surface area contributed by atoms with E-state index in [1.807, 2.05) is 25.1 Å². The highest BCUT2D eigenvalue weighted by Crippen LogP contribution is 2.20. The van der Waals surface area contributed by atoms with Gasteiger partial charge < -0.3 is 10.1 Å². The minimum absolute atomic E-state index is 0.0970. The minimum atomic E-state index is -0.211. The van der Waals surface area contributed by atoms with E-state index in [-0.39, 0.29) is 18.6 Å². The van der Waals surface area contributed by atoms with E-state index in [0.29, 0.717) is 11.3 Å². The zero-order valence-electron chi connectivity index (χ0n) is 13.9. The molecule has 1 atom stereocenters. The summed E-state index contributed by atoms with van der Waals surface area (Å²) in [5, 5.41) is 5.24. The third kappa shape index (κ3) is 4.23. The fourth-order valence-electron chi connectivity index (χ4n) is 2.67. The van der Waals surface area contributed by atoms with E-state index in [1.165, 1.54) is 5.39 Å². The van der Waals surface area contributed by atoms with Crippen LogP contribution in [0.5, 0.6) is 5.75 Å². The van der Waals surface area contributed by atoms with Gasteiger partial charge in [0.15, 0.2) is 6.61 Å². The van der Waals surface area contributed by atoms with Gasteiger partial charge in [0, 0.05) is 5.56 Å². The van der Waals surface area contributed by atoms with Gasteiger partial charge in [-0.15, -0.1) is 0 Å². The van der Waals surface area contributed by atoms with Crippen LogP contribution in [0.1, 0.15) is 28.9 Å². The lowest BCUT2D eigenvalue weighted by Crippen LogP contribution is -2.31. The van der Waals surface area contributed by atoms with Gasteiger partial charge in [-0.2, -0.15) is 0 Å². The maximum absolute atomic E-state index is 12.1. The summed E-state index contributed by atoms with van der Waals surface area (Å²) in [6, 6.07) is 20.9. The summed E-state index contributed by atoms with van der Waals surface area (Å²) in [5.74, 6) is 0.287. The third-order valence-corrected chi connectivity index (χ3v) is 4.02. The monoisotopic (exact) mass is 333 g/mol. The van der Waals surface area contributed by atoms with Crippen LogP contribution in [0.25, 0.3) is 10.8 Å². The molecule has 0 unspecified atom stereocenters. The first-order valence-electron chi connectivity index (χ1n) is 8.12. The van der Waals surface area contributed by atoms with Gasteiger partial charge in [-0.25, -0.2) is 0 Å². The highest BCUT2D eigenvalue weighted by Gasteiger charge is 2.11. The number of carbonyl (C=O) groups excluding carboxylic acids is 2. The Labute approximate surface area is 146 Å². The first-order valence-corrected chi connectivity index (χ1v) is 8.12. The molecule has 0 saturated carbocycles. The normalized spacial score (nSPS) is 11.7. The molecular weight excluding hydrogens is 314 g/mol. The zero-order chi connectivity index (χ0) is 17.6. The molecule has 0 aromatic heterocycles. The van der Waals surface area contributed by atoms with Gasteiger partial charge in [0.25, 0.3) is 5.91 Å². The number of rotatable bonds is 6. The lowest BCUT2D eigenvalue weighted by molar-refractivity contribution is -0.123. The van der Waals surface area contributed by atoms with Gasteiger partial charge in [0.2, 0.25) is 0 Å². The van der Waals surface area contributed by atoms with E-state index in [0.717, 1.165) is 17.2 Å². The Bertz CT molecular complexity index is 904. The van der Waals surface area contributed by atoms with Crippen molar-refractivity contribution in [2.24, 2.45) is 0 Å². The second kappa shape index (κ2) is 7.62. The van der Waals surface area contributed by atoms with E-state index >= 15 is 0 Å². The minimum Gasteiger partial charge on any atom is -0.484 e. The standard InChI is InChI=1S/C21H19NO3/c1-15(18-10-9-17-6-2-3-7-19(17)12-18)22-21(24)14-25-20-8-4-5-16(11-20)13-23/h2-13,15H,14H2,1H3,(H,22,24)/t15-/m1/s1. The quantitative estimate of drug-likeness (QED) is 0.696. The molecule has 4 nitrogen and oxygen atoms in total. The summed E-state index contributed by atoms with van der Waals surface area (Å²) in [5.41, 5.74) is 1.55. The molecule has 1 N–H and O–H groups in total. The summed E-state index contributed by atoms with van der Waals surface area (Å²) >= 11 is 0. The van der Waals surface area contributed by atoms with Gasteiger partial charge in [-0.3, -0.25) is 9.59 Å². The number of amides is 1. The molecule has 0 spiro atoms. The lowest BCUT2D eigenvalue weighted by atomic mass is 10.0. The molecular formula is C21H19NO3. The number of fused-ring (bicyclic) bond motifs is 1. The van der Waals surface area contributed by atoms with E-state index in [4.69, 9.17) is 4.74 Å². The summed E-state index contributed by atoms with van der Waals surface area (Å²) in [6.07, 6.45) is 0.745. The van der Waals surface area contributed by atoms with Crippen molar-refractivity contribution in [3.8, 4) is 5.75 Å². The third-order valence-electron chi connectivity index (χ3n) is 4.02. The summed E-state index contributed by atoms with van der Waals surface area (Å²) in [6.45, 7) is 1.84. The fraction of sp³-hybridized carbons (Fsp3) is 0.143. The van der Waals surface area contributed by atoms with Gasteiger partial charge in [-0.05, 0) is 41.5 Å². The van der Waals surface area contributed by atoms with Crippen LogP contribution in [0, 0.1) is 0 Å². The molecule has 3 rings (SSSR count). The number of benzene rings is 3. The SMILES string of the molecule is C[C@@H](NC(=O)COc1cccc(C=O)c1)c1ccc2ccccc2c1. The van der Waals surface area contributed by atoms with Crippen molar-refractivity contribution in [2.45, 2.75) is 13.0 Å². The smallest absolute Gasteiger partial charge is 0.258 e. The average molecular weight is 333 g/mol. The van der Waals surface area contributed by atoms with Crippen molar-refractivity contribution in [1.82, 2.24) is 5.32 Å². The van der Waals surface area contributed by atoms with Crippen LogP contribution in [0.3, 0.4) is 0 Å². The van der Waals surface area contributed by atoms with Crippen LogP contribution in [0.15, 0.2) is 66.7 Å². The summed E-state index contributed by atoms with van der Waals surface area (Å²) in [7, 11) is 0. The second-order valence-corrected chi connectivity index (χ2v) is 5.87. The van der Waals surface area contributed by atoms with Gasteiger partial charge >= 0.3 is 0 Å². The Morgan fingerprint density at radius 3 is 2.64 bits per heavy atom. The fourth-order valence-corrected chi connectivity index (χ4v) is 2.67. The summed E-state index contributed by atoms with van der Waals surface area (Å²) < 4.78 is 5.45. The van der Waals surface area contributed by atoms with E-state index < -0.39 is 0 Å². The molecule has 1 amide bonds. The molecule has 3 aromatic rings. The Morgan fingerprint density at radius 2 is 1.84 bits per heavy atom. The van der Waals surface area contributed by atoms with Gasteiger partial charge in [0.05, 0.1) is 6.04 Å². The van der Waals surface area contributed by atoms with Crippen molar-refractivity contribution in [1.29, 1.82) is 0 Å². The first kappa shape index (κ1) is 16.7. The van der Waals surface area contributed by atoms with Crippen LogP contribution in [-0.2, 0) is 4.79 Å². The van der Waals surface area contributed by atoms with Crippen molar-refractivity contribution < 1.29 is 14.3 Å². The van der Waals surface area contributed by atoms with Gasteiger partial charge in [-0.1, -0.05) is 48.5 Å². The van der Waals surface area contributed by atoms with Crippen molar-refractivity contribution >= 4 is 23.0 Å². The first-order chi connectivity index (χ1) is 12.2. The Hall–Kier alpha value is -3.14. The molecule has 25 heavy (non-hydrogen) atoms. The molecule has 4 heteroatoms. The number of nitrogens with one attached hydrogen (secondary N) is 1. The summed E-state index contributed by atoms with van der Waals surface area (Å²) in [4.78, 5) is 22.9. The van der Waals surface area contributed by atoms with E-state index in [1.54, 1.807) is 24.3 Å². The molecule has 0 fully saturated rings. The maximum atomic E-state index is 12.1. The largest absolute Gasteiger partial charge is 0.484 e. The molecule has 0 aliphatic carbocycles. The second-order valence-electron chi connectivity index (χ2n) is 5.87. The predicted octanol–water partition coefficient (Wildman–Crippen LogP) is 3.91. The van der Waals surface area contributed by atoms with Crippen LogP contribution >= 0.6 is 0 Å². The van der Waals surface area contributed by atoms with Crippen LogP contribution in [0.2, 0.25) is 0 Å². The van der Waals surface area contributed by atoms with Crippen molar-refractivity contribution in [2.75, 3.05) is 6.61 Å². The molecule has 0 heterocycles. The number of hydrogen-bond acceptors (Lipinski definition) is 3. The molecule has 0 aliphatic heterocycles. The molecule has 0 saturated heterocycles. The number of hydrogen-bond donors (Lipinski definition) is 1. The lowest BCUT2D eigenvalue weighted by Gasteiger charge is -2.15. The highest BCUT2D eigenvalue weighted by molar-refractivity contribution is 5.83. The number of ether oxygens (including phenoxy) is 1. The Balaban J connectivity index is 1.60.